The fourth-order valence-corrected chi connectivity index (χ4v) is 3.63. The van der Waals surface area contributed by atoms with Crippen molar-refractivity contribution in [1.29, 1.82) is 0 Å². The Morgan fingerprint density at radius 3 is 2.34 bits per heavy atom. The SMILES string of the molecule is Cc1ccc(OCC(=O)OCC(=O)N2CCN(C(=O)c3cccs3)CC2)cc1C. The number of thiophene rings is 1. The Morgan fingerprint density at radius 2 is 1.69 bits per heavy atom. The number of hydrogen-bond acceptors (Lipinski definition) is 6. The molecule has 0 spiro atoms. The highest BCUT2D eigenvalue weighted by Crippen LogP contribution is 2.16. The Kier molecular flexibility index (Phi) is 6.87. The number of benzene rings is 1. The van der Waals surface area contributed by atoms with E-state index in [1.54, 1.807) is 21.9 Å². The van der Waals surface area contributed by atoms with Gasteiger partial charge < -0.3 is 19.3 Å². The molecule has 7 nitrogen and oxygen atoms in total. The van der Waals surface area contributed by atoms with Crippen LogP contribution >= 0.6 is 11.3 Å². The van der Waals surface area contributed by atoms with Crippen LogP contribution in [-0.4, -0.2) is 67.0 Å². The van der Waals surface area contributed by atoms with Crippen molar-refractivity contribution >= 4 is 29.1 Å². The molecule has 0 atom stereocenters. The van der Waals surface area contributed by atoms with Crippen LogP contribution in [0.5, 0.6) is 5.75 Å². The van der Waals surface area contributed by atoms with Gasteiger partial charge in [-0.05, 0) is 48.6 Å². The van der Waals surface area contributed by atoms with E-state index in [0.29, 0.717) is 36.8 Å². The average molecular weight is 416 g/mol. The van der Waals surface area contributed by atoms with Crippen LogP contribution in [0.1, 0.15) is 20.8 Å². The highest BCUT2D eigenvalue weighted by Gasteiger charge is 2.25. The molecule has 0 aliphatic carbocycles. The number of esters is 1. The Bertz CT molecular complexity index is 873. The first kappa shape index (κ1) is 20.9. The minimum Gasteiger partial charge on any atom is -0.482 e. The van der Waals surface area contributed by atoms with E-state index in [0.717, 1.165) is 11.1 Å². The maximum absolute atomic E-state index is 12.3. The topological polar surface area (TPSA) is 76.2 Å². The smallest absolute Gasteiger partial charge is 0.344 e. The van der Waals surface area contributed by atoms with Gasteiger partial charge in [-0.15, -0.1) is 11.3 Å². The second-order valence-corrected chi connectivity index (χ2v) is 7.79. The van der Waals surface area contributed by atoms with E-state index in [1.807, 2.05) is 37.4 Å². The number of hydrogen-bond donors (Lipinski definition) is 0. The van der Waals surface area contributed by atoms with Crippen LogP contribution in [0.3, 0.4) is 0 Å². The second-order valence-electron chi connectivity index (χ2n) is 6.85. The fourth-order valence-electron chi connectivity index (χ4n) is 2.94. The number of rotatable bonds is 6. The van der Waals surface area contributed by atoms with E-state index in [-0.39, 0.29) is 25.0 Å². The zero-order valence-corrected chi connectivity index (χ0v) is 17.4. The maximum atomic E-state index is 12.3. The molecule has 0 N–H and O–H groups in total. The number of amides is 2. The molecule has 1 aliphatic heterocycles. The van der Waals surface area contributed by atoms with E-state index in [2.05, 4.69) is 0 Å². The molecule has 1 saturated heterocycles. The highest BCUT2D eigenvalue weighted by atomic mass is 32.1. The summed E-state index contributed by atoms with van der Waals surface area (Å²) in [6.07, 6.45) is 0. The zero-order valence-electron chi connectivity index (χ0n) is 16.6. The Hall–Kier alpha value is -2.87. The van der Waals surface area contributed by atoms with E-state index < -0.39 is 5.97 Å². The predicted molar refractivity (Wildman–Crippen MR) is 109 cm³/mol. The summed E-state index contributed by atoms with van der Waals surface area (Å²) >= 11 is 1.41. The van der Waals surface area contributed by atoms with Gasteiger partial charge in [0.15, 0.2) is 13.2 Å². The van der Waals surface area contributed by atoms with Gasteiger partial charge >= 0.3 is 5.97 Å². The lowest BCUT2D eigenvalue weighted by Gasteiger charge is -2.34. The van der Waals surface area contributed by atoms with E-state index in [4.69, 9.17) is 9.47 Å². The van der Waals surface area contributed by atoms with Gasteiger partial charge in [0.2, 0.25) is 0 Å². The van der Waals surface area contributed by atoms with Crippen LogP contribution in [0, 0.1) is 13.8 Å². The third-order valence-electron chi connectivity index (χ3n) is 4.84. The first-order chi connectivity index (χ1) is 13.9. The maximum Gasteiger partial charge on any atom is 0.344 e. The summed E-state index contributed by atoms with van der Waals surface area (Å²) in [4.78, 5) is 40.5. The molecule has 0 radical (unpaired) electrons. The van der Waals surface area contributed by atoms with Gasteiger partial charge in [0, 0.05) is 26.2 Å². The number of carbonyl (C=O) groups excluding carboxylic acids is 3. The van der Waals surface area contributed by atoms with Crippen molar-refractivity contribution in [3.05, 3.63) is 51.7 Å². The quantitative estimate of drug-likeness (QED) is 0.676. The Balaban J connectivity index is 1.37. The van der Waals surface area contributed by atoms with Crippen molar-refractivity contribution in [2.45, 2.75) is 13.8 Å². The molecule has 8 heteroatoms. The molecule has 29 heavy (non-hydrogen) atoms. The lowest BCUT2D eigenvalue weighted by Crippen LogP contribution is -2.51. The minimum absolute atomic E-state index is 0.0120. The molecule has 0 unspecified atom stereocenters. The molecule has 1 aromatic heterocycles. The van der Waals surface area contributed by atoms with E-state index in [9.17, 15) is 14.4 Å². The summed E-state index contributed by atoms with van der Waals surface area (Å²) < 4.78 is 10.4. The third kappa shape index (κ3) is 5.57. The molecule has 3 rings (SSSR count). The van der Waals surface area contributed by atoms with Crippen molar-refractivity contribution in [3.8, 4) is 5.75 Å². The van der Waals surface area contributed by atoms with Gasteiger partial charge in [-0.3, -0.25) is 9.59 Å². The summed E-state index contributed by atoms with van der Waals surface area (Å²) in [5.74, 6) is -0.291. The molecular formula is C21H24N2O5S. The molecule has 154 valence electrons. The molecular weight excluding hydrogens is 392 g/mol. The lowest BCUT2D eigenvalue weighted by molar-refractivity contribution is -0.154. The van der Waals surface area contributed by atoms with Gasteiger partial charge in [-0.2, -0.15) is 0 Å². The average Bonchev–Trinajstić information content (AvgIpc) is 3.27. The first-order valence-corrected chi connectivity index (χ1v) is 10.3. The zero-order chi connectivity index (χ0) is 20.8. The van der Waals surface area contributed by atoms with Gasteiger partial charge in [0.1, 0.15) is 5.75 Å². The van der Waals surface area contributed by atoms with Crippen LogP contribution < -0.4 is 4.74 Å². The van der Waals surface area contributed by atoms with Crippen molar-refractivity contribution < 1.29 is 23.9 Å². The summed E-state index contributed by atoms with van der Waals surface area (Å²) in [7, 11) is 0. The second kappa shape index (κ2) is 9.56. The van der Waals surface area contributed by atoms with Gasteiger partial charge in [-0.25, -0.2) is 4.79 Å². The number of nitrogens with zero attached hydrogens (tertiary/aromatic N) is 2. The molecule has 1 fully saturated rings. The van der Waals surface area contributed by atoms with Gasteiger partial charge in [0.05, 0.1) is 4.88 Å². The summed E-state index contributed by atoms with van der Waals surface area (Å²) in [5, 5.41) is 1.87. The predicted octanol–water partition coefficient (Wildman–Crippen LogP) is 2.27. The van der Waals surface area contributed by atoms with Crippen molar-refractivity contribution in [2.24, 2.45) is 0 Å². The van der Waals surface area contributed by atoms with Crippen LogP contribution in [0.15, 0.2) is 35.7 Å². The van der Waals surface area contributed by atoms with Crippen molar-refractivity contribution in [1.82, 2.24) is 9.80 Å². The van der Waals surface area contributed by atoms with Crippen LogP contribution in [-0.2, 0) is 14.3 Å². The van der Waals surface area contributed by atoms with Crippen molar-refractivity contribution in [2.75, 3.05) is 39.4 Å². The number of piperazine rings is 1. The van der Waals surface area contributed by atoms with Gasteiger partial charge in [-0.1, -0.05) is 12.1 Å². The minimum atomic E-state index is -0.594. The standard InChI is InChI=1S/C21H24N2O5S/c1-15-5-6-17(12-16(15)2)27-14-20(25)28-13-19(24)22-7-9-23(10-8-22)21(26)18-4-3-11-29-18/h3-6,11-12H,7-10,13-14H2,1-2H3. The molecule has 1 aromatic carbocycles. The normalized spacial score (nSPS) is 13.9. The number of aryl methyl sites for hydroxylation is 2. The Labute approximate surface area is 173 Å². The number of ether oxygens (including phenoxy) is 2. The van der Waals surface area contributed by atoms with E-state index >= 15 is 0 Å². The van der Waals surface area contributed by atoms with Crippen LogP contribution in [0.2, 0.25) is 0 Å². The monoisotopic (exact) mass is 416 g/mol. The molecule has 1 aliphatic rings. The highest BCUT2D eigenvalue weighted by molar-refractivity contribution is 7.12. The molecule has 0 bridgehead atoms. The summed E-state index contributed by atoms with van der Waals surface area (Å²) in [6.45, 7) is 5.16. The Morgan fingerprint density at radius 1 is 0.966 bits per heavy atom. The van der Waals surface area contributed by atoms with Crippen molar-refractivity contribution in [3.63, 3.8) is 0 Å². The van der Waals surface area contributed by atoms with Gasteiger partial charge in [0.25, 0.3) is 11.8 Å². The van der Waals surface area contributed by atoms with Crippen LogP contribution in [0.4, 0.5) is 0 Å². The lowest BCUT2D eigenvalue weighted by atomic mass is 10.1. The third-order valence-corrected chi connectivity index (χ3v) is 5.70. The first-order valence-electron chi connectivity index (χ1n) is 9.40. The molecule has 2 aromatic rings. The van der Waals surface area contributed by atoms with Crippen LogP contribution in [0.25, 0.3) is 0 Å². The summed E-state index contributed by atoms with van der Waals surface area (Å²) in [5.41, 5.74) is 2.21. The fraction of sp³-hybridized carbons (Fsp3) is 0.381. The van der Waals surface area contributed by atoms with E-state index in [1.165, 1.54) is 11.3 Å². The summed E-state index contributed by atoms with van der Waals surface area (Å²) in [6, 6.07) is 9.20. The largest absolute Gasteiger partial charge is 0.482 e. The molecule has 2 amide bonds. The molecule has 0 saturated carbocycles. The molecule has 2 heterocycles. The number of carbonyl (C=O) groups is 3.